The SMILES string of the molecule is CCN(Cc1ccccc1)C(C#N)c1ccccc1F. The van der Waals surface area contributed by atoms with Crippen molar-refractivity contribution in [3.63, 3.8) is 0 Å². The number of nitriles is 1. The molecule has 0 amide bonds. The standard InChI is InChI=1S/C17H17FN2/c1-2-20(13-14-8-4-3-5-9-14)17(12-19)15-10-6-7-11-16(15)18/h3-11,17H,2,13H2,1H3. The normalized spacial score (nSPS) is 12.1. The summed E-state index contributed by atoms with van der Waals surface area (Å²) in [4.78, 5) is 1.97. The van der Waals surface area contributed by atoms with Crippen LogP contribution in [0.1, 0.15) is 24.1 Å². The molecule has 0 N–H and O–H groups in total. The summed E-state index contributed by atoms with van der Waals surface area (Å²) >= 11 is 0. The number of hydrogen-bond acceptors (Lipinski definition) is 2. The Morgan fingerprint density at radius 3 is 2.35 bits per heavy atom. The van der Waals surface area contributed by atoms with E-state index in [1.165, 1.54) is 6.07 Å². The third kappa shape index (κ3) is 3.23. The number of halogens is 1. The average Bonchev–Trinajstić information content (AvgIpc) is 2.49. The van der Waals surface area contributed by atoms with Gasteiger partial charge in [0.15, 0.2) is 0 Å². The smallest absolute Gasteiger partial charge is 0.129 e. The Morgan fingerprint density at radius 2 is 1.75 bits per heavy atom. The molecule has 1 unspecified atom stereocenters. The van der Waals surface area contributed by atoms with Crippen LogP contribution in [0.25, 0.3) is 0 Å². The maximum Gasteiger partial charge on any atom is 0.129 e. The van der Waals surface area contributed by atoms with Crippen molar-refractivity contribution in [1.82, 2.24) is 4.90 Å². The highest BCUT2D eigenvalue weighted by Gasteiger charge is 2.21. The molecule has 0 heterocycles. The second-order valence-corrected chi connectivity index (χ2v) is 4.60. The van der Waals surface area contributed by atoms with Crippen LogP contribution in [0.2, 0.25) is 0 Å². The first-order valence-electron chi connectivity index (χ1n) is 6.68. The molecule has 20 heavy (non-hydrogen) atoms. The van der Waals surface area contributed by atoms with Gasteiger partial charge in [0.1, 0.15) is 11.9 Å². The van der Waals surface area contributed by atoms with Crippen molar-refractivity contribution < 1.29 is 4.39 Å². The molecule has 102 valence electrons. The molecular weight excluding hydrogens is 251 g/mol. The minimum atomic E-state index is -0.568. The molecule has 2 aromatic carbocycles. The lowest BCUT2D eigenvalue weighted by molar-refractivity contribution is 0.235. The molecule has 0 aliphatic carbocycles. The Morgan fingerprint density at radius 1 is 1.10 bits per heavy atom. The maximum atomic E-state index is 13.9. The van der Waals surface area contributed by atoms with Gasteiger partial charge in [-0.1, -0.05) is 55.5 Å². The van der Waals surface area contributed by atoms with Crippen molar-refractivity contribution in [1.29, 1.82) is 5.26 Å². The molecule has 0 aliphatic heterocycles. The molecule has 2 nitrogen and oxygen atoms in total. The van der Waals surface area contributed by atoms with Gasteiger partial charge in [-0.15, -0.1) is 0 Å². The van der Waals surface area contributed by atoms with E-state index < -0.39 is 6.04 Å². The van der Waals surface area contributed by atoms with Crippen LogP contribution in [0.15, 0.2) is 54.6 Å². The maximum absolute atomic E-state index is 13.9. The third-order valence-electron chi connectivity index (χ3n) is 3.32. The zero-order chi connectivity index (χ0) is 14.4. The third-order valence-corrected chi connectivity index (χ3v) is 3.32. The molecule has 2 aromatic rings. The number of rotatable bonds is 5. The molecule has 3 heteroatoms. The van der Waals surface area contributed by atoms with Crippen LogP contribution in [-0.2, 0) is 6.54 Å². The summed E-state index contributed by atoms with van der Waals surface area (Å²) in [5, 5.41) is 9.43. The lowest BCUT2D eigenvalue weighted by Gasteiger charge is -2.26. The zero-order valence-electron chi connectivity index (χ0n) is 11.5. The zero-order valence-corrected chi connectivity index (χ0v) is 11.5. The van der Waals surface area contributed by atoms with Crippen LogP contribution in [-0.4, -0.2) is 11.4 Å². The Hall–Kier alpha value is -2.18. The van der Waals surface area contributed by atoms with E-state index in [2.05, 4.69) is 6.07 Å². The summed E-state index contributed by atoms with van der Waals surface area (Å²) in [7, 11) is 0. The quantitative estimate of drug-likeness (QED) is 0.822. The van der Waals surface area contributed by atoms with Gasteiger partial charge in [0.05, 0.1) is 6.07 Å². The molecular formula is C17H17FN2. The van der Waals surface area contributed by atoms with Gasteiger partial charge in [0.2, 0.25) is 0 Å². The van der Waals surface area contributed by atoms with Crippen molar-refractivity contribution in [2.24, 2.45) is 0 Å². The lowest BCUT2D eigenvalue weighted by Crippen LogP contribution is -2.28. The second kappa shape index (κ2) is 6.83. The van der Waals surface area contributed by atoms with Gasteiger partial charge in [-0.25, -0.2) is 4.39 Å². The predicted molar refractivity (Wildman–Crippen MR) is 77.3 cm³/mol. The van der Waals surface area contributed by atoms with Gasteiger partial charge in [-0.3, -0.25) is 4.90 Å². The first-order chi connectivity index (χ1) is 9.76. The van der Waals surface area contributed by atoms with Crippen LogP contribution in [0.5, 0.6) is 0 Å². The predicted octanol–water partition coefficient (Wildman–Crippen LogP) is 3.91. The molecule has 0 spiro atoms. The summed E-state index contributed by atoms with van der Waals surface area (Å²) in [6.07, 6.45) is 0. The average molecular weight is 268 g/mol. The summed E-state index contributed by atoms with van der Waals surface area (Å²) in [6.45, 7) is 3.29. The fraction of sp³-hybridized carbons (Fsp3) is 0.235. The first kappa shape index (κ1) is 14.2. The highest BCUT2D eigenvalue weighted by atomic mass is 19.1. The van der Waals surface area contributed by atoms with Crippen molar-refractivity contribution in [2.45, 2.75) is 19.5 Å². The first-order valence-corrected chi connectivity index (χ1v) is 6.68. The van der Waals surface area contributed by atoms with Gasteiger partial charge in [-0.05, 0) is 18.2 Å². The van der Waals surface area contributed by atoms with E-state index in [1.54, 1.807) is 18.2 Å². The Bertz CT molecular complexity index is 589. The largest absolute Gasteiger partial charge is 0.280 e. The summed E-state index contributed by atoms with van der Waals surface area (Å²) in [6, 6.07) is 18.0. The molecule has 0 aromatic heterocycles. The molecule has 0 aliphatic rings. The molecule has 0 saturated carbocycles. The topological polar surface area (TPSA) is 27.0 Å². The summed E-state index contributed by atoms with van der Waals surface area (Å²) < 4.78 is 13.9. The van der Waals surface area contributed by atoms with Gasteiger partial charge in [0.25, 0.3) is 0 Å². The van der Waals surface area contributed by atoms with E-state index in [0.717, 1.165) is 5.56 Å². The Balaban J connectivity index is 2.25. The van der Waals surface area contributed by atoms with Crippen LogP contribution in [0, 0.1) is 17.1 Å². The fourth-order valence-electron chi connectivity index (χ4n) is 2.25. The van der Waals surface area contributed by atoms with Gasteiger partial charge >= 0.3 is 0 Å². The summed E-state index contributed by atoms with van der Waals surface area (Å²) in [5.74, 6) is -0.328. The van der Waals surface area contributed by atoms with E-state index in [4.69, 9.17) is 0 Å². The lowest BCUT2D eigenvalue weighted by atomic mass is 10.0. The van der Waals surface area contributed by atoms with Gasteiger partial charge in [0, 0.05) is 12.1 Å². The number of hydrogen-bond donors (Lipinski definition) is 0. The molecule has 0 radical (unpaired) electrons. The summed E-state index contributed by atoms with van der Waals surface area (Å²) in [5.41, 5.74) is 1.55. The molecule has 1 atom stereocenters. The van der Waals surface area contributed by atoms with Crippen molar-refractivity contribution >= 4 is 0 Å². The van der Waals surface area contributed by atoms with Crippen molar-refractivity contribution in [2.75, 3.05) is 6.54 Å². The highest BCUT2D eigenvalue weighted by Crippen LogP contribution is 2.24. The highest BCUT2D eigenvalue weighted by molar-refractivity contribution is 5.26. The van der Waals surface area contributed by atoms with Crippen LogP contribution in [0.3, 0.4) is 0 Å². The molecule has 0 saturated heterocycles. The van der Waals surface area contributed by atoms with Crippen molar-refractivity contribution in [3.8, 4) is 6.07 Å². The molecule has 0 bridgehead atoms. The Labute approximate surface area is 119 Å². The van der Waals surface area contributed by atoms with Crippen LogP contribution < -0.4 is 0 Å². The second-order valence-electron chi connectivity index (χ2n) is 4.60. The number of benzene rings is 2. The van der Waals surface area contributed by atoms with E-state index in [9.17, 15) is 9.65 Å². The Kier molecular flexibility index (Phi) is 4.86. The van der Waals surface area contributed by atoms with E-state index in [1.807, 2.05) is 42.2 Å². The minimum Gasteiger partial charge on any atom is -0.280 e. The fourth-order valence-corrected chi connectivity index (χ4v) is 2.25. The minimum absolute atomic E-state index is 0.328. The molecule has 0 fully saturated rings. The number of nitrogens with zero attached hydrogens (tertiary/aromatic N) is 2. The van der Waals surface area contributed by atoms with Crippen LogP contribution >= 0.6 is 0 Å². The van der Waals surface area contributed by atoms with Crippen LogP contribution in [0.4, 0.5) is 4.39 Å². The van der Waals surface area contributed by atoms with E-state index in [0.29, 0.717) is 18.7 Å². The van der Waals surface area contributed by atoms with Crippen molar-refractivity contribution in [3.05, 3.63) is 71.5 Å². The monoisotopic (exact) mass is 268 g/mol. The van der Waals surface area contributed by atoms with E-state index >= 15 is 0 Å². The van der Waals surface area contributed by atoms with Gasteiger partial charge in [-0.2, -0.15) is 5.26 Å². The molecule has 2 rings (SSSR count). The van der Waals surface area contributed by atoms with Gasteiger partial charge < -0.3 is 0 Å². The van der Waals surface area contributed by atoms with E-state index in [-0.39, 0.29) is 5.82 Å².